The molecule has 4 rings (SSSR count). The number of aromatic nitrogens is 2. The molecule has 0 unspecified atom stereocenters. The number of pyridine rings is 2. The Morgan fingerprint density at radius 1 is 1.23 bits per heavy atom. The number of nitrogens with zero attached hydrogens (tertiary/aromatic N) is 2. The highest BCUT2D eigenvalue weighted by atomic mass is 16.1. The van der Waals surface area contributed by atoms with Crippen molar-refractivity contribution in [3.8, 4) is 11.1 Å². The summed E-state index contributed by atoms with van der Waals surface area (Å²) < 4.78 is 0. The van der Waals surface area contributed by atoms with Crippen LogP contribution in [-0.2, 0) is 0 Å². The minimum absolute atomic E-state index is 0.0645. The second-order valence-corrected chi connectivity index (χ2v) is 8.36. The summed E-state index contributed by atoms with van der Waals surface area (Å²) in [4.78, 5) is 22.7. The van der Waals surface area contributed by atoms with Crippen LogP contribution in [0.3, 0.4) is 0 Å². The van der Waals surface area contributed by atoms with Gasteiger partial charge in [0.25, 0.3) is 5.56 Å². The Bertz CT molecular complexity index is 1080. The van der Waals surface area contributed by atoms with E-state index in [1.807, 2.05) is 19.2 Å². The van der Waals surface area contributed by atoms with Gasteiger partial charge in [0.1, 0.15) is 0 Å². The van der Waals surface area contributed by atoms with Crippen LogP contribution in [0.4, 0.5) is 5.82 Å². The van der Waals surface area contributed by atoms with E-state index in [9.17, 15) is 4.79 Å². The van der Waals surface area contributed by atoms with Crippen molar-refractivity contribution in [3.63, 3.8) is 0 Å². The van der Waals surface area contributed by atoms with Crippen molar-refractivity contribution in [1.29, 1.82) is 0 Å². The minimum Gasteiger partial charge on any atom is -0.366 e. The number of likely N-dealkylation sites (tertiary alicyclic amines) is 1. The Morgan fingerprint density at radius 3 is 2.77 bits per heavy atom. The summed E-state index contributed by atoms with van der Waals surface area (Å²) >= 11 is 0. The van der Waals surface area contributed by atoms with E-state index in [2.05, 4.69) is 46.4 Å². The maximum atomic E-state index is 12.4. The first kappa shape index (κ1) is 20.6. The molecule has 3 aromatic rings. The van der Waals surface area contributed by atoms with E-state index < -0.39 is 0 Å². The van der Waals surface area contributed by atoms with Gasteiger partial charge in [-0.25, -0.2) is 4.98 Å². The normalized spacial score (nSPS) is 15.6. The van der Waals surface area contributed by atoms with Crippen LogP contribution in [0.1, 0.15) is 30.4 Å². The Hall–Kier alpha value is -2.70. The number of rotatable bonds is 6. The molecule has 30 heavy (non-hydrogen) atoms. The summed E-state index contributed by atoms with van der Waals surface area (Å²) in [6.07, 6.45) is 5.09. The SMILES string of the molecule is Cc1cccc(-c2cnc(NC3CCN(CCCN)CC3)c3[nH]c(=O)c(C)cc23)c1. The van der Waals surface area contributed by atoms with Crippen LogP contribution in [0, 0.1) is 13.8 Å². The van der Waals surface area contributed by atoms with Crippen LogP contribution in [0.5, 0.6) is 0 Å². The largest absolute Gasteiger partial charge is 0.366 e. The molecule has 1 aromatic carbocycles. The van der Waals surface area contributed by atoms with Crippen molar-refractivity contribution in [2.75, 3.05) is 31.5 Å². The first-order valence-corrected chi connectivity index (χ1v) is 10.8. The number of nitrogens with one attached hydrogen (secondary N) is 2. The summed E-state index contributed by atoms with van der Waals surface area (Å²) in [6.45, 7) is 7.88. The molecule has 1 fully saturated rings. The molecule has 0 bridgehead atoms. The topological polar surface area (TPSA) is 87.0 Å². The van der Waals surface area contributed by atoms with Gasteiger partial charge in [0.05, 0.1) is 5.52 Å². The lowest BCUT2D eigenvalue weighted by Crippen LogP contribution is -2.40. The molecule has 6 nitrogen and oxygen atoms in total. The summed E-state index contributed by atoms with van der Waals surface area (Å²) in [5.74, 6) is 0.763. The number of hydrogen-bond acceptors (Lipinski definition) is 5. The van der Waals surface area contributed by atoms with Crippen LogP contribution in [0.2, 0.25) is 0 Å². The van der Waals surface area contributed by atoms with E-state index in [1.165, 1.54) is 5.56 Å². The lowest BCUT2D eigenvalue weighted by atomic mass is 10.00. The Balaban J connectivity index is 1.64. The lowest BCUT2D eigenvalue weighted by Gasteiger charge is -2.32. The van der Waals surface area contributed by atoms with Gasteiger partial charge in [-0.15, -0.1) is 0 Å². The predicted octanol–water partition coefficient (Wildman–Crippen LogP) is 3.43. The van der Waals surface area contributed by atoms with Crippen molar-refractivity contribution < 1.29 is 0 Å². The van der Waals surface area contributed by atoms with Crippen molar-refractivity contribution in [3.05, 3.63) is 58.0 Å². The molecule has 0 aliphatic carbocycles. The monoisotopic (exact) mass is 405 g/mol. The summed E-state index contributed by atoms with van der Waals surface area (Å²) in [6, 6.07) is 10.7. The number of nitrogens with two attached hydrogens (primary N) is 1. The molecule has 158 valence electrons. The molecule has 1 aliphatic rings. The van der Waals surface area contributed by atoms with E-state index in [-0.39, 0.29) is 5.56 Å². The standard InChI is InChI=1S/C24H31N5O/c1-16-5-3-6-18(13-16)21-15-26-23(22-20(21)14-17(2)24(30)28-22)27-19-7-11-29(12-8-19)10-4-9-25/h3,5-6,13-15,19H,4,7-12,25H2,1-2H3,(H,26,27)(H,28,30). The van der Waals surface area contributed by atoms with Crippen LogP contribution in [0.15, 0.2) is 41.3 Å². The number of benzene rings is 1. The van der Waals surface area contributed by atoms with Gasteiger partial charge in [-0.2, -0.15) is 0 Å². The quantitative estimate of drug-likeness (QED) is 0.585. The first-order valence-electron chi connectivity index (χ1n) is 10.8. The summed E-state index contributed by atoms with van der Waals surface area (Å²) in [7, 11) is 0. The fourth-order valence-electron chi connectivity index (χ4n) is 4.26. The molecule has 1 saturated heterocycles. The van der Waals surface area contributed by atoms with Crippen LogP contribution >= 0.6 is 0 Å². The fraction of sp³-hybridized carbons (Fsp3) is 0.417. The van der Waals surface area contributed by atoms with Gasteiger partial charge in [0, 0.05) is 41.8 Å². The third kappa shape index (κ3) is 4.40. The zero-order valence-corrected chi connectivity index (χ0v) is 17.9. The van der Waals surface area contributed by atoms with E-state index in [0.717, 1.165) is 73.3 Å². The maximum absolute atomic E-state index is 12.4. The van der Waals surface area contributed by atoms with Crippen molar-refractivity contribution in [1.82, 2.24) is 14.9 Å². The maximum Gasteiger partial charge on any atom is 0.251 e. The van der Waals surface area contributed by atoms with E-state index in [4.69, 9.17) is 10.7 Å². The summed E-state index contributed by atoms with van der Waals surface area (Å²) in [5, 5.41) is 4.63. The van der Waals surface area contributed by atoms with E-state index >= 15 is 0 Å². The van der Waals surface area contributed by atoms with E-state index in [0.29, 0.717) is 11.6 Å². The summed E-state index contributed by atoms with van der Waals surface area (Å²) in [5.41, 5.74) is 10.4. The van der Waals surface area contributed by atoms with Crippen LogP contribution in [-0.4, -0.2) is 47.1 Å². The molecular weight excluding hydrogens is 374 g/mol. The molecule has 0 saturated carbocycles. The minimum atomic E-state index is -0.0645. The zero-order valence-electron chi connectivity index (χ0n) is 17.9. The number of piperidine rings is 1. The lowest BCUT2D eigenvalue weighted by molar-refractivity contribution is 0.218. The highest BCUT2D eigenvalue weighted by Crippen LogP contribution is 2.31. The van der Waals surface area contributed by atoms with Gasteiger partial charge < -0.3 is 20.9 Å². The van der Waals surface area contributed by atoms with Gasteiger partial charge in [0.15, 0.2) is 5.82 Å². The highest BCUT2D eigenvalue weighted by molar-refractivity contribution is 5.99. The molecule has 0 radical (unpaired) electrons. The molecule has 2 aromatic heterocycles. The number of fused-ring (bicyclic) bond motifs is 1. The number of aryl methyl sites for hydroxylation is 2. The van der Waals surface area contributed by atoms with Crippen molar-refractivity contribution >= 4 is 16.7 Å². The molecule has 6 heteroatoms. The number of anilines is 1. The van der Waals surface area contributed by atoms with Crippen molar-refractivity contribution in [2.24, 2.45) is 5.73 Å². The Kier molecular flexibility index (Phi) is 6.16. The zero-order chi connectivity index (χ0) is 21.1. The van der Waals surface area contributed by atoms with Gasteiger partial charge in [-0.05, 0) is 57.8 Å². The number of aromatic amines is 1. The molecule has 0 spiro atoms. The third-order valence-corrected chi connectivity index (χ3v) is 6.01. The average Bonchev–Trinajstić information content (AvgIpc) is 2.74. The first-order chi connectivity index (χ1) is 14.5. The smallest absolute Gasteiger partial charge is 0.251 e. The van der Waals surface area contributed by atoms with Gasteiger partial charge >= 0.3 is 0 Å². The average molecular weight is 406 g/mol. The molecule has 0 amide bonds. The van der Waals surface area contributed by atoms with Gasteiger partial charge in [-0.3, -0.25) is 4.79 Å². The van der Waals surface area contributed by atoms with Gasteiger partial charge in [0.2, 0.25) is 0 Å². The highest BCUT2D eigenvalue weighted by Gasteiger charge is 2.20. The number of H-pyrrole nitrogens is 1. The van der Waals surface area contributed by atoms with Crippen LogP contribution < -0.4 is 16.6 Å². The second kappa shape index (κ2) is 8.98. The third-order valence-electron chi connectivity index (χ3n) is 6.01. The fourth-order valence-corrected chi connectivity index (χ4v) is 4.26. The number of hydrogen-bond donors (Lipinski definition) is 3. The molecule has 0 atom stereocenters. The second-order valence-electron chi connectivity index (χ2n) is 8.36. The molecule has 3 heterocycles. The van der Waals surface area contributed by atoms with E-state index in [1.54, 1.807) is 0 Å². The predicted molar refractivity (Wildman–Crippen MR) is 124 cm³/mol. The van der Waals surface area contributed by atoms with Gasteiger partial charge in [-0.1, -0.05) is 29.8 Å². The molecule has 4 N–H and O–H groups in total. The van der Waals surface area contributed by atoms with Crippen molar-refractivity contribution in [2.45, 2.75) is 39.2 Å². The molecular formula is C24H31N5O. The Labute approximate surface area is 177 Å². The molecule has 1 aliphatic heterocycles. The Morgan fingerprint density at radius 2 is 2.03 bits per heavy atom. The van der Waals surface area contributed by atoms with Crippen LogP contribution in [0.25, 0.3) is 22.0 Å².